The molecule has 64 valence electrons. The molecule has 0 spiro atoms. The molecule has 0 fully saturated rings. The molecule has 1 heterocycles. The van der Waals surface area contributed by atoms with Crippen LogP contribution in [0.2, 0.25) is 0 Å². The Morgan fingerprint density at radius 2 is 2.50 bits per heavy atom. The molecule has 0 radical (unpaired) electrons. The summed E-state index contributed by atoms with van der Waals surface area (Å²) in [5.41, 5.74) is 6.07. The molecule has 0 unspecified atom stereocenters. The lowest BCUT2D eigenvalue weighted by Gasteiger charge is -2.00. The summed E-state index contributed by atoms with van der Waals surface area (Å²) in [6, 6.07) is 3.66. The van der Waals surface area contributed by atoms with Crippen molar-refractivity contribution in [2.24, 2.45) is 10.9 Å². The normalized spacial score (nSPS) is 11.6. The number of amidine groups is 1. The number of nitrogens with zero attached hydrogens (tertiary/aromatic N) is 2. The molecular formula is C7H8BrN3O. The third-order valence-electron chi connectivity index (χ3n) is 1.31. The van der Waals surface area contributed by atoms with Crippen LogP contribution in [0.1, 0.15) is 5.69 Å². The van der Waals surface area contributed by atoms with Gasteiger partial charge in [0.15, 0.2) is 0 Å². The topological polar surface area (TPSA) is 71.5 Å². The number of nitrogens with two attached hydrogens (primary N) is 1. The maximum absolute atomic E-state index is 8.31. The number of hydrogen-bond acceptors (Lipinski definition) is 3. The highest BCUT2D eigenvalue weighted by Gasteiger charge is 2.02. The molecule has 12 heavy (non-hydrogen) atoms. The molecule has 4 nitrogen and oxygen atoms in total. The first-order valence-corrected chi connectivity index (χ1v) is 4.09. The van der Waals surface area contributed by atoms with Gasteiger partial charge >= 0.3 is 0 Å². The van der Waals surface area contributed by atoms with Crippen LogP contribution in [0, 0.1) is 0 Å². The van der Waals surface area contributed by atoms with Crippen molar-refractivity contribution in [2.75, 3.05) is 0 Å². The van der Waals surface area contributed by atoms with E-state index in [0.29, 0.717) is 6.42 Å². The standard InChI is InChI=1S/C7H8BrN3O/c8-5-2-1-3-10-6(5)4-7(9)11-12/h1-3,12H,4H2,(H2,9,11). The van der Waals surface area contributed by atoms with Crippen molar-refractivity contribution in [3.63, 3.8) is 0 Å². The van der Waals surface area contributed by atoms with Crippen LogP contribution in [0.15, 0.2) is 28.0 Å². The van der Waals surface area contributed by atoms with E-state index in [1.807, 2.05) is 6.07 Å². The van der Waals surface area contributed by atoms with E-state index in [9.17, 15) is 0 Å². The van der Waals surface area contributed by atoms with E-state index in [0.717, 1.165) is 10.2 Å². The highest BCUT2D eigenvalue weighted by molar-refractivity contribution is 9.10. The average Bonchev–Trinajstić information content (AvgIpc) is 2.09. The summed E-state index contributed by atoms with van der Waals surface area (Å²) in [6.45, 7) is 0. The number of halogens is 1. The van der Waals surface area contributed by atoms with Crippen molar-refractivity contribution in [3.05, 3.63) is 28.5 Å². The lowest BCUT2D eigenvalue weighted by Crippen LogP contribution is -2.15. The van der Waals surface area contributed by atoms with Crippen molar-refractivity contribution < 1.29 is 5.21 Å². The lowest BCUT2D eigenvalue weighted by atomic mass is 10.2. The Hall–Kier alpha value is -1.10. The highest BCUT2D eigenvalue weighted by atomic mass is 79.9. The van der Waals surface area contributed by atoms with Crippen LogP contribution >= 0.6 is 15.9 Å². The van der Waals surface area contributed by atoms with E-state index < -0.39 is 0 Å². The second-order valence-electron chi connectivity index (χ2n) is 2.20. The van der Waals surface area contributed by atoms with Gasteiger partial charge in [-0.25, -0.2) is 0 Å². The molecular weight excluding hydrogens is 222 g/mol. The smallest absolute Gasteiger partial charge is 0.145 e. The van der Waals surface area contributed by atoms with Gasteiger partial charge in [-0.3, -0.25) is 4.98 Å². The van der Waals surface area contributed by atoms with E-state index in [-0.39, 0.29) is 5.84 Å². The van der Waals surface area contributed by atoms with Gasteiger partial charge in [0.1, 0.15) is 5.84 Å². The quantitative estimate of drug-likeness (QED) is 0.346. The lowest BCUT2D eigenvalue weighted by molar-refractivity contribution is 0.317. The second kappa shape index (κ2) is 4.06. The Morgan fingerprint density at radius 3 is 3.08 bits per heavy atom. The van der Waals surface area contributed by atoms with Crippen LogP contribution in [0.4, 0.5) is 0 Å². The van der Waals surface area contributed by atoms with Crippen molar-refractivity contribution in [1.29, 1.82) is 0 Å². The largest absolute Gasteiger partial charge is 0.409 e. The summed E-state index contributed by atoms with van der Waals surface area (Å²) in [4.78, 5) is 4.05. The fourth-order valence-corrected chi connectivity index (χ4v) is 1.15. The predicted octanol–water partition coefficient (Wildman–Crippen LogP) is 1.13. The fraction of sp³-hybridized carbons (Fsp3) is 0.143. The predicted molar refractivity (Wildman–Crippen MR) is 49.0 cm³/mol. The maximum atomic E-state index is 8.31. The zero-order valence-corrected chi connectivity index (χ0v) is 7.82. The molecule has 1 rings (SSSR count). The summed E-state index contributed by atoms with van der Waals surface area (Å²) in [5.74, 6) is 0.148. The molecule has 0 aliphatic heterocycles. The van der Waals surface area contributed by atoms with Gasteiger partial charge in [-0.2, -0.15) is 0 Å². The molecule has 3 N–H and O–H groups in total. The van der Waals surface area contributed by atoms with Crippen LogP contribution in [0.3, 0.4) is 0 Å². The number of rotatable bonds is 2. The monoisotopic (exact) mass is 229 g/mol. The van der Waals surface area contributed by atoms with Crippen molar-refractivity contribution in [2.45, 2.75) is 6.42 Å². The summed E-state index contributed by atoms with van der Waals surface area (Å²) in [5, 5.41) is 11.2. The van der Waals surface area contributed by atoms with Gasteiger partial charge in [-0.15, -0.1) is 0 Å². The van der Waals surface area contributed by atoms with Gasteiger partial charge in [0.25, 0.3) is 0 Å². The molecule has 5 heteroatoms. The van der Waals surface area contributed by atoms with E-state index >= 15 is 0 Å². The second-order valence-corrected chi connectivity index (χ2v) is 3.05. The van der Waals surface area contributed by atoms with E-state index in [2.05, 4.69) is 26.1 Å². The van der Waals surface area contributed by atoms with Gasteiger partial charge in [-0.1, -0.05) is 5.16 Å². The molecule has 0 bridgehead atoms. The van der Waals surface area contributed by atoms with Gasteiger partial charge in [0.05, 0.1) is 12.1 Å². The van der Waals surface area contributed by atoms with E-state index in [1.165, 1.54) is 0 Å². The fourth-order valence-electron chi connectivity index (χ4n) is 0.755. The van der Waals surface area contributed by atoms with Crippen molar-refractivity contribution in [1.82, 2.24) is 4.98 Å². The SMILES string of the molecule is N/C(Cc1ncccc1Br)=N\O. The first-order valence-electron chi connectivity index (χ1n) is 3.30. The Balaban J connectivity index is 2.82. The van der Waals surface area contributed by atoms with Crippen LogP contribution in [-0.4, -0.2) is 16.0 Å². The summed E-state index contributed by atoms with van der Waals surface area (Å²) < 4.78 is 0.858. The molecule has 0 aliphatic carbocycles. The highest BCUT2D eigenvalue weighted by Crippen LogP contribution is 2.13. The van der Waals surface area contributed by atoms with Crippen molar-refractivity contribution >= 4 is 21.8 Å². The molecule has 0 aliphatic rings. The molecule has 1 aromatic rings. The molecule has 0 atom stereocenters. The molecule has 0 aromatic carbocycles. The maximum Gasteiger partial charge on any atom is 0.145 e. The zero-order valence-electron chi connectivity index (χ0n) is 6.24. The minimum atomic E-state index is 0.148. The summed E-state index contributed by atoms with van der Waals surface area (Å²) in [6.07, 6.45) is 2.00. The third-order valence-corrected chi connectivity index (χ3v) is 2.03. The number of aromatic nitrogens is 1. The first kappa shape index (κ1) is 8.99. The molecule has 0 saturated carbocycles. The average molecular weight is 230 g/mol. The zero-order chi connectivity index (χ0) is 8.97. The Bertz CT molecular complexity index is 300. The summed E-state index contributed by atoms with van der Waals surface area (Å²) in [7, 11) is 0. The van der Waals surface area contributed by atoms with Gasteiger partial charge in [0.2, 0.25) is 0 Å². The van der Waals surface area contributed by atoms with Gasteiger partial charge < -0.3 is 10.9 Å². The third kappa shape index (κ3) is 2.20. The van der Waals surface area contributed by atoms with Crippen LogP contribution in [-0.2, 0) is 6.42 Å². The number of oxime groups is 1. The van der Waals surface area contributed by atoms with Crippen LogP contribution in [0.5, 0.6) is 0 Å². The van der Waals surface area contributed by atoms with Gasteiger partial charge in [0, 0.05) is 10.7 Å². The molecule has 0 amide bonds. The minimum absolute atomic E-state index is 0.148. The first-order chi connectivity index (χ1) is 5.74. The van der Waals surface area contributed by atoms with Crippen LogP contribution in [0.25, 0.3) is 0 Å². The Kier molecular flexibility index (Phi) is 3.04. The minimum Gasteiger partial charge on any atom is -0.409 e. The summed E-state index contributed by atoms with van der Waals surface area (Å²) >= 11 is 3.30. The van der Waals surface area contributed by atoms with Gasteiger partial charge in [-0.05, 0) is 28.1 Å². The number of hydrogen-bond donors (Lipinski definition) is 2. The Labute approximate surface area is 78.2 Å². The van der Waals surface area contributed by atoms with E-state index in [1.54, 1.807) is 12.3 Å². The number of pyridine rings is 1. The Morgan fingerprint density at radius 1 is 1.75 bits per heavy atom. The van der Waals surface area contributed by atoms with Crippen molar-refractivity contribution in [3.8, 4) is 0 Å². The van der Waals surface area contributed by atoms with E-state index in [4.69, 9.17) is 10.9 Å². The van der Waals surface area contributed by atoms with Crippen LogP contribution < -0.4 is 5.73 Å². The molecule has 1 aromatic heterocycles. The molecule has 0 saturated heterocycles.